The van der Waals surface area contributed by atoms with E-state index in [0.29, 0.717) is 27.7 Å². The molecule has 1 aromatic heterocycles. The van der Waals surface area contributed by atoms with Crippen LogP contribution in [0.2, 0.25) is 0 Å². The first-order valence-corrected chi connectivity index (χ1v) is 6.99. The number of hydrogen-bond donors (Lipinski definition) is 0. The molecule has 0 amide bonds. The molecule has 1 aliphatic rings. The second kappa shape index (κ2) is 4.01. The summed E-state index contributed by atoms with van der Waals surface area (Å²) in [5, 5.41) is 2.99. The molecule has 106 valence electrons. The molecule has 0 unspecified atom stereocenters. The minimum atomic E-state index is -0.0172. The fraction of sp³-hybridized carbons (Fsp3) is 0.0556. The van der Waals surface area contributed by atoms with E-state index in [0.717, 1.165) is 16.5 Å². The van der Waals surface area contributed by atoms with Crippen LogP contribution in [0.4, 0.5) is 0 Å². The van der Waals surface area contributed by atoms with Gasteiger partial charge in [-0.3, -0.25) is 4.79 Å². The lowest BCUT2D eigenvalue weighted by Crippen LogP contribution is -2.01. The van der Waals surface area contributed by atoms with Crippen LogP contribution in [0.15, 0.2) is 57.7 Å². The Morgan fingerprint density at radius 3 is 2.68 bits per heavy atom. The number of para-hydroxylation sites is 1. The third kappa shape index (κ3) is 1.44. The quantitative estimate of drug-likeness (QED) is 0.462. The van der Waals surface area contributed by atoms with Crippen LogP contribution >= 0.6 is 0 Å². The maximum atomic E-state index is 12.6. The number of ether oxygens (including phenoxy) is 2. The van der Waals surface area contributed by atoms with E-state index < -0.39 is 0 Å². The predicted octanol–water partition coefficient (Wildman–Crippen LogP) is 3.83. The Labute approximate surface area is 124 Å². The van der Waals surface area contributed by atoms with E-state index >= 15 is 0 Å². The molecule has 0 aliphatic carbocycles. The van der Waals surface area contributed by atoms with Gasteiger partial charge in [-0.25, -0.2) is 0 Å². The van der Waals surface area contributed by atoms with Gasteiger partial charge in [0.25, 0.3) is 0 Å². The summed E-state index contributed by atoms with van der Waals surface area (Å²) in [7, 11) is 0. The second-order valence-electron chi connectivity index (χ2n) is 5.30. The van der Waals surface area contributed by atoms with Crippen LogP contribution in [-0.4, -0.2) is 6.79 Å². The van der Waals surface area contributed by atoms with Crippen molar-refractivity contribution >= 4 is 32.7 Å². The van der Waals surface area contributed by atoms with Crippen molar-refractivity contribution in [1.29, 1.82) is 0 Å². The molecule has 4 heteroatoms. The second-order valence-corrected chi connectivity index (χ2v) is 5.30. The van der Waals surface area contributed by atoms with E-state index in [4.69, 9.17) is 13.9 Å². The Kier molecular flexibility index (Phi) is 2.12. The summed E-state index contributed by atoms with van der Waals surface area (Å²) in [6, 6.07) is 14.8. The maximum absolute atomic E-state index is 12.6. The fourth-order valence-corrected chi connectivity index (χ4v) is 2.99. The summed E-state index contributed by atoms with van der Waals surface area (Å²) >= 11 is 0. The van der Waals surface area contributed by atoms with Crippen molar-refractivity contribution in [2.45, 2.75) is 0 Å². The molecule has 0 saturated heterocycles. The largest absolute Gasteiger partial charge is 0.456 e. The van der Waals surface area contributed by atoms with Gasteiger partial charge in [-0.2, -0.15) is 0 Å². The van der Waals surface area contributed by atoms with Crippen molar-refractivity contribution in [3.8, 4) is 11.5 Å². The summed E-state index contributed by atoms with van der Waals surface area (Å²) in [5.41, 5.74) is 1.13. The van der Waals surface area contributed by atoms with Gasteiger partial charge in [-0.1, -0.05) is 18.2 Å². The zero-order chi connectivity index (χ0) is 14.7. The average molecular weight is 290 g/mol. The highest BCUT2D eigenvalue weighted by atomic mass is 16.7. The fourth-order valence-electron chi connectivity index (χ4n) is 2.99. The molecule has 0 saturated carbocycles. The van der Waals surface area contributed by atoms with Gasteiger partial charge in [0.15, 0.2) is 11.5 Å². The third-order valence-corrected chi connectivity index (χ3v) is 4.05. The van der Waals surface area contributed by atoms with Crippen LogP contribution in [0.1, 0.15) is 0 Å². The van der Waals surface area contributed by atoms with Crippen molar-refractivity contribution in [2.75, 3.05) is 6.79 Å². The molecule has 3 aromatic carbocycles. The molecule has 2 heterocycles. The topological polar surface area (TPSA) is 48.7 Å². The van der Waals surface area contributed by atoms with Gasteiger partial charge in [0.05, 0.1) is 10.8 Å². The summed E-state index contributed by atoms with van der Waals surface area (Å²) in [6.45, 7) is 0.216. The lowest BCUT2D eigenvalue weighted by Gasteiger charge is -2.06. The third-order valence-electron chi connectivity index (χ3n) is 4.05. The molecule has 0 atom stereocenters. The van der Waals surface area contributed by atoms with Gasteiger partial charge in [-0.15, -0.1) is 0 Å². The van der Waals surface area contributed by atoms with Crippen molar-refractivity contribution in [3.63, 3.8) is 0 Å². The molecule has 1 aliphatic heterocycles. The van der Waals surface area contributed by atoms with E-state index in [1.54, 1.807) is 12.1 Å². The number of fused-ring (bicyclic) bond motifs is 5. The summed E-state index contributed by atoms with van der Waals surface area (Å²) in [4.78, 5) is 12.6. The van der Waals surface area contributed by atoms with Crippen LogP contribution in [0, 0.1) is 0 Å². The first kappa shape index (κ1) is 11.6. The highest BCUT2D eigenvalue weighted by Crippen LogP contribution is 2.40. The molecular weight excluding hydrogens is 280 g/mol. The van der Waals surface area contributed by atoms with Crippen molar-refractivity contribution < 1.29 is 13.9 Å². The summed E-state index contributed by atoms with van der Waals surface area (Å²) in [6.07, 6.45) is 0. The minimum Gasteiger partial charge on any atom is -0.456 e. The zero-order valence-electron chi connectivity index (χ0n) is 11.5. The Balaban J connectivity index is 1.99. The molecule has 0 bridgehead atoms. The first-order valence-electron chi connectivity index (χ1n) is 6.99. The van der Waals surface area contributed by atoms with Gasteiger partial charge >= 0.3 is 0 Å². The van der Waals surface area contributed by atoms with E-state index in [9.17, 15) is 4.79 Å². The standard InChI is InChI=1S/C18H10O4/c19-17-11-3-1-2-4-14(11)22-16-8-12-10(7-13(16)17)5-6-15-18(12)21-9-20-15/h1-8H,9H2. The highest BCUT2D eigenvalue weighted by Gasteiger charge is 2.18. The number of rotatable bonds is 0. The van der Waals surface area contributed by atoms with Crippen molar-refractivity contribution in [2.24, 2.45) is 0 Å². The van der Waals surface area contributed by atoms with Gasteiger partial charge < -0.3 is 13.9 Å². The lowest BCUT2D eigenvalue weighted by molar-refractivity contribution is 0.175. The molecule has 0 N–H and O–H groups in total. The van der Waals surface area contributed by atoms with Crippen molar-refractivity contribution in [3.05, 3.63) is 58.8 Å². The predicted molar refractivity (Wildman–Crippen MR) is 83.6 cm³/mol. The van der Waals surface area contributed by atoms with E-state index in [1.807, 2.05) is 36.4 Å². The zero-order valence-corrected chi connectivity index (χ0v) is 11.5. The minimum absolute atomic E-state index is 0.0172. The van der Waals surface area contributed by atoms with E-state index in [2.05, 4.69) is 0 Å². The van der Waals surface area contributed by atoms with Crippen LogP contribution in [-0.2, 0) is 0 Å². The van der Waals surface area contributed by atoms with Crippen LogP contribution in [0.3, 0.4) is 0 Å². The van der Waals surface area contributed by atoms with E-state index in [1.165, 1.54) is 0 Å². The summed E-state index contributed by atoms with van der Waals surface area (Å²) < 4.78 is 16.8. The van der Waals surface area contributed by atoms with Crippen LogP contribution in [0.5, 0.6) is 11.5 Å². The highest BCUT2D eigenvalue weighted by molar-refractivity contribution is 6.02. The van der Waals surface area contributed by atoms with Gasteiger partial charge in [0.2, 0.25) is 12.2 Å². The molecule has 0 fully saturated rings. The van der Waals surface area contributed by atoms with Crippen LogP contribution < -0.4 is 14.9 Å². The Morgan fingerprint density at radius 1 is 0.818 bits per heavy atom. The molecule has 4 nitrogen and oxygen atoms in total. The molecule has 4 aromatic rings. The normalized spacial score (nSPS) is 13.3. The molecule has 5 rings (SSSR count). The Hall–Kier alpha value is -3.01. The lowest BCUT2D eigenvalue weighted by atomic mass is 10.0. The SMILES string of the molecule is O=c1c2ccccc2oc2cc3c4c(ccc3cc12)OCO4. The van der Waals surface area contributed by atoms with Gasteiger partial charge in [-0.05, 0) is 35.7 Å². The number of benzene rings is 3. The smallest absolute Gasteiger partial charge is 0.231 e. The molecule has 22 heavy (non-hydrogen) atoms. The average Bonchev–Trinajstić information content (AvgIpc) is 3.03. The van der Waals surface area contributed by atoms with E-state index in [-0.39, 0.29) is 12.2 Å². The van der Waals surface area contributed by atoms with Crippen molar-refractivity contribution in [1.82, 2.24) is 0 Å². The first-order chi connectivity index (χ1) is 10.8. The van der Waals surface area contributed by atoms with Gasteiger partial charge in [0.1, 0.15) is 11.2 Å². The Bertz CT molecular complexity index is 1120. The van der Waals surface area contributed by atoms with Gasteiger partial charge in [0, 0.05) is 5.39 Å². The Morgan fingerprint density at radius 2 is 1.73 bits per heavy atom. The monoisotopic (exact) mass is 290 g/mol. The molecule has 0 spiro atoms. The maximum Gasteiger partial charge on any atom is 0.231 e. The molecular formula is C18H10O4. The number of hydrogen-bond acceptors (Lipinski definition) is 4. The van der Waals surface area contributed by atoms with Crippen LogP contribution in [0.25, 0.3) is 32.7 Å². The summed E-state index contributed by atoms with van der Waals surface area (Å²) in [5.74, 6) is 1.42. The molecule has 0 radical (unpaired) electrons.